The summed E-state index contributed by atoms with van der Waals surface area (Å²) in [6.45, 7) is 0. The third kappa shape index (κ3) is 1.94. The molecule has 0 fully saturated rings. The van der Waals surface area contributed by atoms with Gasteiger partial charge in [-0.2, -0.15) is 13.2 Å². The molecule has 1 aromatic carbocycles. The van der Waals surface area contributed by atoms with Crippen LogP contribution in [-0.4, -0.2) is 16.7 Å². The number of halogens is 3. The van der Waals surface area contributed by atoms with Crippen molar-refractivity contribution < 1.29 is 22.8 Å². The molecule has 2 aromatic rings. The van der Waals surface area contributed by atoms with Crippen LogP contribution in [0.5, 0.6) is 0 Å². The number of aromatic amines is 1. The SMILES string of the molecule is NC(=O)C(=O)c1c[nH]c2ccc(C(F)(F)F)cc12. The zero-order valence-electron chi connectivity index (χ0n) is 8.84. The van der Waals surface area contributed by atoms with Gasteiger partial charge in [-0.15, -0.1) is 0 Å². The molecule has 2 rings (SSSR count). The van der Waals surface area contributed by atoms with Crippen LogP contribution in [0.4, 0.5) is 13.2 Å². The minimum atomic E-state index is -4.52. The number of primary amides is 1. The number of ketones is 1. The normalized spacial score (nSPS) is 11.7. The number of hydrogen-bond donors (Lipinski definition) is 2. The topological polar surface area (TPSA) is 76.0 Å². The minimum Gasteiger partial charge on any atom is -0.363 e. The Labute approximate surface area is 98.6 Å². The van der Waals surface area contributed by atoms with Gasteiger partial charge in [0, 0.05) is 17.1 Å². The second-order valence-corrected chi connectivity index (χ2v) is 3.65. The summed E-state index contributed by atoms with van der Waals surface area (Å²) in [6, 6.07) is 2.88. The van der Waals surface area contributed by atoms with Gasteiger partial charge in [-0.25, -0.2) is 0 Å². The van der Waals surface area contributed by atoms with Gasteiger partial charge < -0.3 is 10.7 Å². The van der Waals surface area contributed by atoms with Crippen molar-refractivity contribution in [3.63, 3.8) is 0 Å². The highest BCUT2D eigenvalue weighted by Gasteiger charge is 2.31. The third-order valence-corrected chi connectivity index (χ3v) is 2.48. The molecule has 1 amide bonds. The van der Waals surface area contributed by atoms with E-state index in [1.807, 2.05) is 0 Å². The Morgan fingerprint density at radius 1 is 1.22 bits per heavy atom. The first-order chi connectivity index (χ1) is 8.30. The summed E-state index contributed by atoms with van der Waals surface area (Å²) in [5, 5.41) is 0.0219. The monoisotopic (exact) mass is 256 g/mol. The van der Waals surface area contributed by atoms with E-state index in [9.17, 15) is 22.8 Å². The van der Waals surface area contributed by atoms with Crippen molar-refractivity contribution in [3.8, 4) is 0 Å². The molecule has 0 saturated carbocycles. The fraction of sp³-hybridized carbons (Fsp3) is 0.0909. The van der Waals surface area contributed by atoms with E-state index in [0.717, 1.165) is 18.3 Å². The predicted octanol–water partition coefficient (Wildman–Crippen LogP) is 1.85. The summed E-state index contributed by atoms with van der Waals surface area (Å²) in [5.41, 5.74) is 4.09. The van der Waals surface area contributed by atoms with Crippen LogP contribution in [0, 0.1) is 0 Å². The molecule has 0 aliphatic carbocycles. The summed E-state index contributed by atoms with van der Waals surface area (Å²) in [7, 11) is 0. The van der Waals surface area contributed by atoms with Crippen molar-refractivity contribution in [2.45, 2.75) is 6.18 Å². The number of rotatable bonds is 2. The van der Waals surface area contributed by atoms with Crippen LogP contribution in [0.15, 0.2) is 24.4 Å². The molecule has 0 saturated heterocycles. The van der Waals surface area contributed by atoms with E-state index in [4.69, 9.17) is 5.73 Å². The molecule has 3 N–H and O–H groups in total. The maximum atomic E-state index is 12.5. The molecule has 18 heavy (non-hydrogen) atoms. The maximum Gasteiger partial charge on any atom is 0.416 e. The number of Topliss-reactive ketones (excluding diaryl/α,β-unsaturated/α-hetero) is 1. The van der Waals surface area contributed by atoms with Crippen molar-refractivity contribution in [1.82, 2.24) is 4.98 Å². The highest BCUT2D eigenvalue weighted by atomic mass is 19.4. The summed E-state index contributed by atoms with van der Waals surface area (Å²) in [4.78, 5) is 24.8. The van der Waals surface area contributed by atoms with Gasteiger partial charge in [-0.05, 0) is 18.2 Å². The Balaban J connectivity index is 2.64. The number of H-pyrrole nitrogens is 1. The number of nitrogens with two attached hydrogens (primary N) is 1. The molecule has 0 atom stereocenters. The van der Waals surface area contributed by atoms with Crippen LogP contribution in [0.1, 0.15) is 15.9 Å². The smallest absolute Gasteiger partial charge is 0.363 e. The molecular weight excluding hydrogens is 249 g/mol. The number of fused-ring (bicyclic) bond motifs is 1. The van der Waals surface area contributed by atoms with Gasteiger partial charge in [0.25, 0.3) is 11.7 Å². The van der Waals surface area contributed by atoms with E-state index in [-0.39, 0.29) is 10.9 Å². The van der Waals surface area contributed by atoms with E-state index < -0.39 is 23.4 Å². The summed E-state index contributed by atoms with van der Waals surface area (Å²) >= 11 is 0. The van der Waals surface area contributed by atoms with Crippen LogP contribution < -0.4 is 5.73 Å². The predicted molar refractivity (Wildman–Crippen MR) is 56.8 cm³/mol. The Morgan fingerprint density at radius 3 is 2.44 bits per heavy atom. The first-order valence-electron chi connectivity index (χ1n) is 4.83. The zero-order chi connectivity index (χ0) is 13.5. The van der Waals surface area contributed by atoms with Gasteiger partial charge in [0.05, 0.1) is 11.1 Å². The molecule has 1 heterocycles. The van der Waals surface area contributed by atoms with Crippen molar-refractivity contribution in [1.29, 1.82) is 0 Å². The van der Waals surface area contributed by atoms with E-state index in [1.54, 1.807) is 0 Å². The number of hydrogen-bond acceptors (Lipinski definition) is 2. The first kappa shape index (κ1) is 12.2. The average Bonchev–Trinajstić information content (AvgIpc) is 2.69. The fourth-order valence-corrected chi connectivity index (χ4v) is 1.62. The van der Waals surface area contributed by atoms with Crippen molar-refractivity contribution in [3.05, 3.63) is 35.5 Å². The highest BCUT2D eigenvalue weighted by Crippen LogP contribution is 2.32. The van der Waals surface area contributed by atoms with Crippen LogP contribution >= 0.6 is 0 Å². The molecule has 94 valence electrons. The summed E-state index contributed by atoms with van der Waals surface area (Å²) in [5.74, 6) is -2.24. The molecule has 7 heteroatoms. The van der Waals surface area contributed by atoms with E-state index in [0.29, 0.717) is 5.52 Å². The lowest BCUT2D eigenvalue weighted by Gasteiger charge is -2.06. The number of benzene rings is 1. The molecule has 0 aliphatic heterocycles. The number of carbonyl (C=O) groups excluding carboxylic acids is 2. The average molecular weight is 256 g/mol. The Hall–Kier alpha value is -2.31. The number of amides is 1. The molecule has 1 aromatic heterocycles. The van der Waals surface area contributed by atoms with Crippen LogP contribution in [0.3, 0.4) is 0 Å². The lowest BCUT2D eigenvalue weighted by molar-refractivity contribution is -0.137. The Morgan fingerprint density at radius 2 is 1.89 bits per heavy atom. The molecule has 0 bridgehead atoms. The number of aromatic nitrogens is 1. The van der Waals surface area contributed by atoms with E-state index in [1.165, 1.54) is 6.07 Å². The first-order valence-corrected chi connectivity index (χ1v) is 4.83. The van der Waals surface area contributed by atoms with Crippen molar-refractivity contribution in [2.75, 3.05) is 0 Å². The van der Waals surface area contributed by atoms with Crippen LogP contribution in [-0.2, 0) is 11.0 Å². The molecule has 4 nitrogen and oxygen atoms in total. The van der Waals surface area contributed by atoms with Gasteiger partial charge >= 0.3 is 6.18 Å². The van der Waals surface area contributed by atoms with Gasteiger partial charge in [0.1, 0.15) is 0 Å². The maximum absolute atomic E-state index is 12.5. The van der Waals surface area contributed by atoms with Gasteiger partial charge in [-0.3, -0.25) is 9.59 Å². The Bertz CT molecular complexity index is 643. The van der Waals surface area contributed by atoms with Gasteiger partial charge in [0.15, 0.2) is 0 Å². The molecule has 0 aliphatic rings. The van der Waals surface area contributed by atoms with E-state index >= 15 is 0 Å². The fourth-order valence-electron chi connectivity index (χ4n) is 1.62. The molecule has 0 unspecified atom stereocenters. The van der Waals surface area contributed by atoms with Crippen molar-refractivity contribution in [2.24, 2.45) is 5.73 Å². The molecule has 0 radical (unpaired) electrons. The second-order valence-electron chi connectivity index (χ2n) is 3.65. The molecule has 0 spiro atoms. The van der Waals surface area contributed by atoms with E-state index in [2.05, 4.69) is 4.98 Å². The quantitative estimate of drug-likeness (QED) is 0.635. The standard InChI is InChI=1S/C11H7F3N2O2/c12-11(13,14)5-1-2-8-6(3-5)7(4-16-8)9(17)10(15)18/h1-4,16H,(H2,15,18). The summed E-state index contributed by atoms with van der Waals surface area (Å²) < 4.78 is 37.6. The Kier molecular flexibility index (Phi) is 2.61. The minimum absolute atomic E-state index is 0.0219. The summed E-state index contributed by atoms with van der Waals surface area (Å²) in [6.07, 6.45) is -3.35. The largest absolute Gasteiger partial charge is 0.416 e. The lowest BCUT2D eigenvalue weighted by atomic mass is 10.1. The second kappa shape index (κ2) is 3.86. The number of carbonyl (C=O) groups is 2. The lowest BCUT2D eigenvalue weighted by Crippen LogP contribution is -2.22. The zero-order valence-corrected chi connectivity index (χ0v) is 8.84. The number of nitrogens with one attached hydrogen (secondary N) is 1. The van der Waals surface area contributed by atoms with Gasteiger partial charge in [0.2, 0.25) is 0 Å². The number of alkyl halides is 3. The highest BCUT2D eigenvalue weighted by molar-refractivity contribution is 6.44. The van der Waals surface area contributed by atoms with Crippen LogP contribution in [0.25, 0.3) is 10.9 Å². The third-order valence-electron chi connectivity index (χ3n) is 2.48. The van der Waals surface area contributed by atoms with Crippen LogP contribution in [0.2, 0.25) is 0 Å². The van der Waals surface area contributed by atoms with Gasteiger partial charge in [-0.1, -0.05) is 0 Å². The molecular formula is C11H7F3N2O2. The van der Waals surface area contributed by atoms with Crippen molar-refractivity contribution >= 4 is 22.6 Å².